The van der Waals surface area contributed by atoms with Crippen LogP contribution in [0.3, 0.4) is 0 Å². The predicted octanol–water partition coefficient (Wildman–Crippen LogP) is 4.38. The summed E-state index contributed by atoms with van der Waals surface area (Å²) < 4.78 is 27.3. The van der Waals surface area contributed by atoms with Crippen LogP contribution in [-0.2, 0) is 0 Å². The first-order valence-electron chi connectivity index (χ1n) is 8.58. The fraction of sp³-hybridized carbons (Fsp3) is 0.368. The van der Waals surface area contributed by atoms with Gasteiger partial charge in [-0.25, -0.2) is 13.8 Å². The molecule has 0 radical (unpaired) electrons. The van der Waals surface area contributed by atoms with Crippen molar-refractivity contribution >= 4 is 17.3 Å². The first-order chi connectivity index (χ1) is 12.1. The Morgan fingerprint density at radius 2 is 2.00 bits per heavy atom. The number of nitrogens with zero attached hydrogens (tertiary/aromatic N) is 2. The van der Waals surface area contributed by atoms with Crippen molar-refractivity contribution in [2.45, 2.75) is 38.6 Å². The van der Waals surface area contributed by atoms with Gasteiger partial charge < -0.3 is 10.2 Å². The Labute approximate surface area is 145 Å². The number of hydrogen-bond donors (Lipinski definition) is 1. The van der Waals surface area contributed by atoms with Gasteiger partial charge in [0.1, 0.15) is 23.0 Å². The molecule has 0 aliphatic carbocycles. The van der Waals surface area contributed by atoms with E-state index in [1.54, 1.807) is 12.3 Å². The molecule has 1 aromatic heterocycles. The van der Waals surface area contributed by atoms with Crippen LogP contribution < -0.4 is 10.2 Å². The zero-order valence-electron chi connectivity index (χ0n) is 14.1. The lowest BCUT2D eigenvalue weighted by molar-refractivity contribution is 0.102. The number of nitrogens with one attached hydrogen (secondary N) is 1. The van der Waals surface area contributed by atoms with E-state index in [2.05, 4.69) is 22.1 Å². The number of anilines is 2. The van der Waals surface area contributed by atoms with Crippen molar-refractivity contribution in [2.75, 3.05) is 16.8 Å². The molecule has 1 fully saturated rings. The Kier molecular flexibility index (Phi) is 5.26. The van der Waals surface area contributed by atoms with E-state index >= 15 is 0 Å². The fourth-order valence-corrected chi connectivity index (χ4v) is 3.25. The Balaban J connectivity index is 1.74. The molecule has 1 amide bonds. The Bertz CT molecular complexity index is 729. The van der Waals surface area contributed by atoms with Gasteiger partial charge in [0.05, 0.1) is 11.9 Å². The highest BCUT2D eigenvalue weighted by atomic mass is 19.1. The van der Waals surface area contributed by atoms with Gasteiger partial charge in [-0.3, -0.25) is 4.79 Å². The third kappa shape index (κ3) is 3.78. The lowest BCUT2D eigenvalue weighted by atomic mass is 9.99. The number of aromatic nitrogens is 1. The fourth-order valence-electron chi connectivity index (χ4n) is 3.25. The maximum absolute atomic E-state index is 13.6. The largest absolute Gasteiger partial charge is 0.367 e. The molecule has 1 aromatic carbocycles. The SMILES string of the molecule is CCC1CCCCN1c1ccc(C(=O)Nc2c(F)cccc2F)nc1. The molecule has 1 atom stereocenters. The van der Waals surface area contributed by atoms with Crippen molar-refractivity contribution in [3.05, 3.63) is 53.9 Å². The number of para-hydroxylation sites is 1. The quantitative estimate of drug-likeness (QED) is 0.894. The summed E-state index contributed by atoms with van der Waals surface area (Å²) in [6.45, 7) is 3.15. The van der Waals surface area contributed by atoms with Crippen LogP contribution in [0.4, 0.5) is 20.2 Å². The molecule has 1 saturated heterocycles. The second kappa shape index (κ2) is 7.59. The van der Waals surface area contributed by atoms with Crippen LogP contribution in [0.5, 0.6) is 0 Å². The van der Waals surface area contributed by atoms with Crippen molar-refractivity contribution in [3.63, 3.8) is 0 Å². The number of carbonyl (C=O) groups excluding carboxylic acids is 1. The lowest BCUT2D eigenvalue weighted by Crippen LogP contribution is -2.39. The molecule has 1 unspecified atom stereocenters. The molecule has 0 spiro atoms. The van der Waals surface area contributed by atoms with Gasteiger partial charge in [-0.15, -0.1) is 0 Å². The molecule has 1 aliphatic rings. The van der Waals surface area contributed by atoms with Crippen LogP contribution >= 0.6 is 0 Å². The van der Waals surface area contributed by atoms with E-state index in [4.69, 9.17) is 0 Å². The standard InChI is InChI=1S/C19H21F2N3O/c1-2-13-6-3-4-11-24(13)14-9-10-17(22-12-14)19(25)23-18-15(20)7-5-8-16(18)21/h5,7-10,12-13H,2-4,6,11H2,1H3,(H,23,25). The smallest absolute Gasteiger partial charge is 0.274 e. The molecule has 0 bridgehead atoms. The number of amides is 1. The third-order valence-electron chi connectivity index (χ3n) is 4.61. The molecule has 2 heterocycles. The van der Waals surface area contributed by atoms with Crippen LogP contribution in [0.1, 0.15) is 43.1 Å². The molecule has 1 N–H and O–H groups in total. The topological polar surface area (TPSA) is 45.2 Å². The normalized spacial score (nSPS) is 17.4. The number of pyridine rings is 1. The van der Waals surface area contributed by atoms with Gasteiger partial charge in [0.2, 0.25) is 0 Å². The predicted molar refractivity (Wildman–Crippen MR) is 93.8 cm³/mol. The Morgan fingerprint density at radius 1 is 1.24 bits per heavy atom. The van der Waals surface area contributed by atoms with Gasteiger partial charge in [-0.2, -0.15) is 0 Å². The molecular weight excluding hydrogens is 324 g/mol. The second-order valence-electron chi connectivity index (χ2n) is 6.20. The summed E-state index contributed by atoms with van der Waals surface area (Å²) >= 11 is 0. The molecule has 4 nitrogen and oxygen atoms in total. The van der Waals surface area contributed by atoms with E-state index in [9.17, 15) is 13.6 Å². The van der Waals surface area contributed by atoms with Gasteiger partial charge in [-0.05, 0) is 49.9 Å². The monoisotopic (exact) mass is 345 g/mol. The Hall–Kier alpha value is -2.50. The van der Waals surface area contributed by atoms with Crippen LogP contribution in [0.2, 0.25) is 0 Å². The van der Waals surface area contributed by atoms with E-state index in [1.165, 1.54) is 12.5 Å². The minimum atomic E-state index is -0.816. The molecular formula is C19H21F2N3O. The van der Waals surface area contributed by atoms with Crippen molar-refractivity contribution < 1.29 is 13.6 Å². The van der Waals surface area contributed by atoms with E-state index < -0.39 is 23.2 Å². The van der Waals surface area contributed by atoms with E-state index in [-0.39, 0.29) is 5.69 Å². The molecule has 2 aromatic rings. The van der Waals surface area contributed by atoms with Gasteiger partial charge in [0.15, 0.2) is 0 Å². The molecule has 1 aliphatic heterocycles. The van der Waals surface area contributed by atoms with Crippen LogP contribution in [-0.4, -0.2) is 23.5 Å². The summed E-state index contributed by atoms with van der Waals surface area (Å²) in [5.74, 6) is -2.27. The average Bonchev–Trinajstić information content (AvgIpc) is 2.65. The van der Waals surface area contributed by atoms with E-state index in [0.717, 1.165) is 43.6 Å². The highest BCUT2D eigenvalue weighted by Crippen LogP contribution is 2.26. The zero-order valence-corrected chi connectivity index (χ0v) is 14.1. The van der Waals surface area contributed by atoms with Crippen LogP contribution in [0.25, 0.3) is 0 Å². The molecule has 132 valence electrons. The summed E-state index contributed by atoms with van der Waals surface area (Å²) in [4.78, 5) is 18.7. The number of hydrogen-bond acceptors (Lipinski definition) is 3. The number of rotatable bonds is 4. The van der Waals surface area contributed by atoms with Crippen molar-refractivity contribution in [2.24, 2.45) is 0 Å². The zero-order chi connectivity index (χ0) is 17.8. The maximum Gasteiger partial charge on any atom is 0.274 e. The molecule has 0 saturated carbocycles. The molecule has 25 heavy (non-hydrogen) atoms. The number of carbonyl (C=O) groups is 1. The van der Waals surface area contributed by atoms with Crippen molar-refractivity contribution in [1.29, 1.82) is 0 Å². The highest BCUT2D eigenvalue weighted by Gasteiger charge is 2.22. The summed E-state index contributed by atoms with van der Waals surface area (Å²) in [6, 6.07) is 7.35. The minimum absolute atomic E-state index is 0.122. The molecule has 3 rings (SSSR count). The number of halogens is 2. The highest BCUT2D eigenvalue weighted by molar-refractivity contribution is 6.03. The molecule has 6 heteroatoms. The van der Waals surface area contributed by atoms with Gasteiger partial charge >= 0.3 is 0 Å². The van der Waals surface area contributed by atoms with Gasteiger partial charge in [0, 0.05) is 12.6 Å². The number of piperidine rings is 1. The summed E-state index contributed by atoms with van der Waals surface area (Å²) in [7, 11) is 0. The van der Waals surface area contributed by atoms with Crippen molar-refractivity contribution in [3.8, 4) is 0 Å². The summed E-state index contributed by atoms with van der Waals surface area (Å²) in [5, 5.41) is 2.25. The first kappa shape index (κ1) is 17.3. The van der Waals surface area contributed by atoms with Crippen molar-refractivity contribution in [1.82, 2.24) is 4.98 Å². The second-order valence-corrected chi connectivity index (χ2v) is 6.20. The number of benzene rings is 1. The maximum atomic E-state index is 13.6. The van der Waals surface area contributed by atoms with Gasteiger partial charge in [-0.1, -0.05) is 13.0 Å². The summed E-state index contributed by atoms with van der Waals surface area (Å²) in [6.07, 6.45) is 6.25. The minimum Gasteiger partial charge on any atom is -0.367 e. The first-order valence-corrected chi connectivity index (χ1v) is 8.58. The van der Waals surface area contributed by atoms with Crippen LogP contribution in [0, 0.1) is 11.6 Å². The Morgan fingerprint density at radius 3 is 2.64 bits per heavy atom. The lowest BCUT2D eigenvalue weighted by Gasteiger charge is -2.37. The van der Waals surface area contributed by atoms with Gasteiger partial charge in [0.25, 0.3) is 5.91 Å². The van der Waals surface area contributed by atoms with E-state index in [1.807, 2.05) is 6.07 Å². The van der Waals surface area contributed by atoms with Crippen LogP contribution in [0.15, 0.2) is 36.5 Å². The van der Waals surface area contributed by atoms with E-state index in [0.29, 0.717) is 6.04 Å². The average molecular weight is 345 g/mol. The summed E-state index contributed by atoms with van der Waals surface area (Å²) in [5.41, 5.74) is 0.636. The third-order valence-corrected chi connectivity index (χ3v) is 4.61.